The zero-order valence-corrected chi connectivity index (χ0v) is 44.4. The van der Waals surface area contributed by atoms with E-state index < -0.39 is 0 Å². The summed E-state index contributed by atoms with van der Waals surface area (Å²) in [5.74, 6) is 0.635. The third-order valence-corrected chi connectivity index (χ3v) is 16.8. The van der Waals surface area contributed by atoms with Gasteiger partial charge in [0.1, 0.15) is 0 Å². The maximum absolute atomic E-state index is 5.60. The number of hydrogen-bond donors (Lipinski definition) is 0. The SMILES string of the molecule is c1ccc(-c2cc(-c3ccccc3)nc(-c3cccc(-n4c5ccccc5c5cc6c7ccccc7n(-c7ccccc7)c6cc54)c3-c3ccccc3-n3c4ccccc4c4cc5c6ccccc6n(-c6ccccc6)c5cc43)n2)cc1. The lowest BCUT2D eigenvalue weighted by molar-refractivity contribution is 1.14. The van der Waals surface area contributed by atoms with Crippen molar-refractivity contribution in [2.45, 2.75) is 0 Å². The van der Waals surface area contributed by atoms with Crippen molar-refractivity contribution in [3.8, 4) is 67.8 Å². The first-order valence-electron chi connectivity index (χ1n) is 28.0. The minimum Gasteiger partial charge on any atom is -0.309 e. The van der Waals surface area contributed by atoms with Crippen LogP contribution in [0.1, 0.15) is 0 Å². The summed E-state index contributed by atoms with van der Waals surface area (Å²) in [6.07, 6.45) is 0. The Hall–Kier alpha value is -11.1. The number of para-hydroxylation sites is 7. The highest BCUT2D eigenvalue weighted by Gasteiger charge is 2.27. The van der Waals surface area contributed by atoms with Gasteiger partial charge < -0.3 is 18.3 Å². The van der Waals surface area contributed by atoms with Crippen LogP contribution in [0.3, 0.4) is 0 Å². The molecule has 0 unspecified atom stereocenters. The van der Waals surface area contributed by atoms with E-state index in [1.54, 1.807) is 0 Å². The smallest absolute Gasteiger partial charge is 0.161 e. The second-order valence-corrected chi connectivity index (χ2v) is 21.3. The van der Waals surface area contributed by atoms with Crippen molar-refractivity contribution in [3.63, 3.8) is 0 Å². The van der Waals surface area contributed by atoms with E-state index in [9.17, 15) is 0 Å². The fourth-order valence-electron chi connectivity index (χ4n) is 13.2. The molecule has 0 saturated heterocycles. The molecule has 6 heteroatoms. The second-order valence-electron chi connectivity index (χ2n) is 21.3. The van der Waals surface area contributed by atoms with Crippen LogP contribution in [0.5, 0.6) is 0 Å². The van der Waals surface area contributed by atoms with E-state index in [-0.39, 0.29) is 0 Å². The summed E-state index contributed by atoms with van der Waals surface area (Å²) >= 11 is 0. The molecule has 0 amide bonds. The average molecular weight is 1050 g/mol. The number of fused-ring (bicyclic) bond motifs is 12. The predicted octanol–water partition coefficient (Wildman–Crippen LogP) is 19.5. The lowest BCUT2D eigenvalue weighted by Crippen LogP contribution is -2.05. The summed E-state index contributed by atoms with van der Waals surface area (Å²) in [4.78, 5) is 11.2. The van der Waals surface area contributed by atoms with Gasteiger partial charge in [-0.05, 0) is 91.0 Å². The molecule has 5 heterocycles. The van der Waals surface area contributed by atoms with E-state index in [2.05, 4.69) is 309 Å². The summed E-state index contributed by atoms with van der Waals surface area (Å²) in [7, 11) is 0. The maximum atomic E-state index is 5.60. The Kier molecular flexibility index (Phi) is 10.2. The molecule has 0 atom stereocenters. The molecule has 0 N–H and O–H groups in total. The standard InChI is InChI=1S/C76H48N6/c1-5-24-49(25-6-1)63-46-64(50-26-7-2-8-27-50)78-76(77-63)58-37-23-43-70(82-68-41-21-16-35-56(68)62-45-60-54-33-14-19-39-66(54)80(72(60)48-74(62)82)52-30-11-4-12-31-52)75(58)57-36-17-22-42-69(57)81-67-40-20-15-34-55(67)61-44-59-53-32-13-18-38-65(53)79(71(59)47-73(61)81)51-28-9-3-10-29-51/h1-48H. The van der Waals surface area contributed by atoms with Gasteiger partial charge in [-0.15, -0.1) is 0 Å². The van der Waals surface area contributed by atoms with Gasteiger partial charge in [-0.25, -0.2) is 9.97 Å². The van der Waals surface area contributed by atoms with Gasteiger partial charge in [0.2, 0.25) is 0 Å². The van der Waals surface area contributed by atoms with E-state index in [0.29, 0.717) is 5.82 Å². The third kappa shape index (κ3) is 6.95. The molecule has 82 heavy (non-hydrogen) atoms. The molecular weight excluding hydrogens is 997 g/mol. The molecule has 0 bridgehead atoms. The Morgan fingerprint density at radius 3 is 1.02 bits per heavy atom. The van der Waals surface area contributed by atoms with Crippen molar-refractivity contribution in [2.75, 3.05) is 0 Å². The summed E-state index contributed by atoms with van der Waals surface area (Å²) in [5.41, 5.74) is 20.1. The maximum Gasteiger partial charge on any atom is 0.161 e. The van der Waals surface area contributed by atoms with Crippen LogP contribution in [0.4, 0.5) is 0 Å². The zero-order valence-electron chi connectivity index (χ0n) is 44.4. The first-order valence-corrected chi connectivity index (χ1v) is 28.0. The van der Waals surface area contributed by atoms with Gasteiger partial charge in [0, 0.05) is 82.3 Å². The zero-order chi connectivity index (χ0) is 53.8. The summed E-state index contributed by atoms with van der Waals surface area (Å²) in [5, 5.41) is 9.59. The molecule has 0 fully saturated rings. The van der Waals surface area contributed by atoms with Gasteiger partial charge in [-0.2, -0.15) is 0 Å². The molecule has 5 aromatic heterocycles. The van der Waals surface area contributed by atoms with Crippen molar-refractivity contribution in [2.24, 2.45) is 0 Å². The molecular formula is C76H48N6. The Morgan fingerprint density at radius 1 is 0.220 bits per heavy atom. The summed E-state index contributed by atoms with van der Waals surface area (Å²) in [6, 6.07) is 105. The van der Waals surface area contributed by atoms with Crippen molar-refractivity contribution in [1.82, 2.24) is 28.2 Å². The number of nitrogens with zero attached hydrogens (tertiary/aromatic N) is 6. The molecule has 0 saturated carbocycles. The van der Waals surface area contributed by atoms with Gasteiger partial charge in [-0.3, -0.25) is 0 Å². The monoisotopic (exact) mass is 1040 g/mol. The first-order chi connectivity index (χ1) is 40.7. The Labute approximate surface area is 471 Å². The van der Waals surface area contributed by atoms with Crippen LogP contribution in [-0.4, -0.2) is 28.2 Å². The molecule has 0 radical (unpaired) electrons. The fourth-order valence-corrected chi connectivity index (χ4v) is 13.2. The minimum absolute atomic E-state index is 0.635. The third-order valence-electron chi connectivity index (χ3n) is 16.8. The summed E-state index contributed by atoms with van der Waals surface area (Å²) in [6.45, 7) is 0. The average Bonchev–Trinajstić information content (AvgIpc) is 3.13. The van der Waals surface area contributed by atoms with E-state index in [1.165, 1.54) is 54.1 Å². The van der Waals surface area contributed by atoms with E-state index >= 15 is 0 Å². The number of rotatable bonds is 8. The molecule has 0 aliphatic heterocycles. The van der Waals surface area contributed by atoms with Crippen LogP contribution < -0.4 is 0 Å². The van der Waals surface area contributed by atoms with Crippen LogP contribution >= 0.6 is 0 Å². The van der Waals surface area contributed by atoms with E-state index in [4.69, 9.17) is 9.97 Å². The molecule has 0 aliphatic rings. The van der Waals surface area contributed by atoms with Gasteiger partial charge in [-0.1, -0.05) is 200 Å². The van der Waals surface area contributed by atoms with Gasteiger partial charge >= 0.3 is 0 Å². The molecule has 6 nitrogen and oxygen atoms in total. The minimum atomic E-state index is 0.635. The lowest BCUT2D eigenvalue weighted by atomic mass is 9.94. The second kappa shape index (κ2) is 18.2. The van der Waals surface area contributed by atoms with Crippen molar-refractivity contribution in [3.05, 3.63) is 291 Å². The molecule has 12 aromatic carbocycles. The molecule has 17 aromatic rings. The quantitative estimate of drug-likeness (QED) is 0.152. The highest BCUT2D eigenvalue weighted by molar-refractivity contribution is 6.21. The summed E-state index contributed by atoms with van der Waals surface area (Å²) < 4.78 is 9.84. The lowest BCUT2D eigenvalue weighted by Gasteiger charge is -2.21. The first kappa shape index (κ1) is 45.9. The fraction of sp³-hybridized carbons (Fsp3) is 0. The van der Waals surface area contributed by atoms with Crippen molar-refractivity contribution < 1.29 is 0 Å². The molecule has 0 spiro atoms. The Bertz CT molecular complexity index is 5320. The van der Waals surface area contributed by atoms with E-state index in [0.717, 1.165) is 95.1 Å². The molecule has 17 rings (SSSR count). The molecule has 0 aliphatic carbocycles. The van der Waals surface area contributed by atoms with Crippen LogP contribution in [0.25, 0.3) is 155 Å². The van der Waals surface area contributed by atoms with Crippen molar-refractivity contribution >= 4 is 87.2 Å². The van der Waals surface area contributed by atoms with Crippen molar-refractivity contribution in [1.29, 1.82) is 0 Å². The predicted molar refractivity (Wildman–Crippen MR) is 341 cm³/mol. The number of benzene rings is 12. The van der Waals surface area contributed by atoms with Gasteiger partial charge in [0.25, 0.3) is 0 Å². The Morgan fingerprint density at radius 2 is 0.561 bits per heavy atom. The molecule has 382 valence electrons. The van der Waals surface area contributed by atoms with Gasteiger partial charge in [0.15, 0.2) is 5.82 Å². The van der Waals surface area contributed by atoms with Crippen LogP contribution in [0.15, 0.2) is 291 Å². The van der Waals surface area contributed by atoms with Crippen LogP contribution in [0, 0.1) is 0 Å². The van der Waals surface area contributed by atoms with Crippen LogP contribution in [-0.2, 0) is 0 Å². The number of hydrogen-bond acceptors (Lipinski definition) is 2. The number of aromatic nitrogens is 6. The highest BCUT2D eigenvalue weighted by atomic mass is 15.0. The Balaban J connectivity index is 1.01. The topological polar surface area (TPSA) is 45.5 Å². The van der Waals surface area contributed by atoms with Gasteiger partial charge in [0.05, 0.1) is 66.9 Å². The van der Waals surface area contributed by atoms with E-state index in [1.807, 2.05) is 0 Å². The highest BCUT2D eigenvalue weighted by Crippen LogP contribution is 2.47. The van der Waals surface area contributed by atoms with Crippen LogP contribution in [0.2, 0.25) is 0 Å². The normalized spacial score (nSPS) is 11.9. The largest absolute Gasteiger partial charge is 0.309 e.